The lowest BCUT2D eigenvalue weighted by Crippen LogP contribution is -2.11. The molecule has 0 atom stereocenters. The highest BCUT2D eigenvalue weighted by atomic mass is 16.1. The first-order valence-electron chi connectivity index (χ1n) is 7.88. The number of nitrogens with zero attached hydrogens (tertiary/aromatic N) is 4. The molecule has 4 aromatic rings. The minimum Gasteiger partial charge on any atom is -0.322 e. The second kappa shape index (κ2) is 6.52. The maximum Gasteiger partial charge on any atom is 0.255 e. The van der Waals surface area contributed by atoms with Gasteiger partial charge in [-0.2, -0.15) is 0 Å². The number of hydrogen-bond donors (Lipinski definition) is 1. The summed E-state index contributed by atoms with van der Waals surface area (Å²) in [6.07, 6.45) is 3.20. The van der Waals surface area contributed by atoms with E-state index in [9.17, 15) is 4.79 Å². The fraction of sp³-hybridized carbons (Fsp3) is 0.0526. The molecule has 0 spiro atoms. The van der Waals surface area contributed by atoms with Crippen LogP contribution in [0.25, 0.3) is 11.0 Å². The lowest BCUT2D eigenvalue weighted by molar-refractivity contribution is 0.102. The number of amides is 1. The number of benzene rings is 2. The first kappa shape index (κ1) is 15.0. The molecule has 2 aromatic heterocycles. The van der Waals surface area contributed by atoms with Crippen molar-refractivity contribution in [3.8, 4) is 0 Å². The molecule has 25 heavy (non-hydrogen) atoms. The van der Waals surface area contributed by atoms with Crippen molar-refractivity contribution in [2.24, 2.45) is 0 Å². The van der Waals surface area contributed by atoms with Crippen molar-refractivity contribution >= 4 is 22.6 Å². The lowest BCUT2D eigenvalue weighted by Gasteiger charge is -2.07. The van der Waals surface area contributed by atoms with E-state index >= 15 is 0 Å². The molecule has 0 aliphatic rings. The number of nitrogens with one attached hydrogen (secondary N) is 1. The van der Waals surface area contributed by atoms with Crippen molar-refractivity contribution in [1.29, 1.82) is 0 Å². The minimum absolute atomic E-state index is 0.155. The first-order valence-corrected chi connectivity index (χ1v) is 7.88. The molecule has 1 amide bonds. The summed E-state index contributed by atoms with van der Waals surface area (Å²) in [6, 6.07) is 18.9. The van der Waals surface area contributed by atoms with Crippen molar-refractivity contribution in [1.82, 2.24) is 20.0 Å². The Morgan fingerprint density at radius 3 is 2.52 bits per heavy atom. The van der Waals surface area contributed by atoms with Crippen molar-refractivity contribution in [2.45, 2.75) is 6.54 Å². The molecular weight excluding hydrogens is 314 g/mol. The molecule has 0 radical (unpaired) electrons. The standard InChI is InChI=1S/C19H15N5O/c25-19(15-9-11-20-12-10-15)21-16-7-5-14(6-8-16)13-24-18-4-2-1-3-17(18)22-23-24/h1-12H,13H2,(H,21,25). The molecule has 6 nitrogen and oxygen atoms in total. The Labute approximate surface area is 144 Å². The Morgan fingerprint density at radius 1 is 0.960 bits per heavy atom. The number of pyridine rings is 1. The molecule has 2 heterocycles. The van der Waals surface area contributed by atoms with E-state index in [1.54, 1.807) is 24.5 Å². The summed E-state index contributed by atoms with van der Waals surface area (Å²) in [5, 5.41) is 11.2. The Hall–Kier alpha value is -3.54. The number of carbonyl (C=O) groups is 1. The van der Waals surface area contributed by atoms with Crippen LogP contribution in [0.2, 0.25) is 0 Å². The van der Waals surface area contributed by atoms with Crippen LogP contribution in [0.5, 0.6) is 0 Å². The van der Waals surface area contributed by atoms with Crippen LogP contribution in [-0.4, -0.2) is 25.9 Å². The molecule has 0 saturated heterocycles. The minimum atomic E-state index is -0.155. The molecule has 0 aliphatic heterocycles. The smallest absolute Gasteiger partial charge is 0.255 e. The third kappa shape index (κ3) is 3.23. The van der Waals surface area contributed by atoms with Crippen molar-refractivity contribution < 1.29 is 4.79 Å². The average Bonchev–Trinajstić information content (AvgIpc) is 3.07. The van der Waals surface area contributed by atoms with Gasteiger partial charge in [0, 0.05) is 23.6 Å². The highest BCUT2D eigenvalue weighted by Gasteiger charge is 2.07. The van der Waals surface area contributed by atoms with E-state index in [0.29, 0.717) is 12.1 Å². The van der Waals surface area contributed by atoms with Crippen LogP contribution >= 0.6 is 0 Å². The van der Waals surface area contributed by atoms with Crippen LogP contribution in [0.1, 0.15) is 15.9 Å². The fourth-order valence-electron chi connectivity index (χ4n) is 2.61. The van der Waals surface area contributed by atoms with E-state index in [2.05, 4.69) is 20.6 Å². The molecule has 4 rings (SSSR count). The highest BCUT2D eigenvalue weighted by molar-refractivity contribution is 6.04. The zero-order chi connectivity index (χ0) is 17.1. The van der Waals surface area contributed by atoms with Crippen LogP contribution < -0.4 is 5.32 Å². The summed E-state index contributed by atoms with van der Waals surface area (Å²) in [5.41, 5.74) is 4.28. The van der Waals surface area contributed by atoms with Crippen LogP contribution in [0.15, 0.2) is 73.1 Å². The second-order valence-electron chi connectivity index (χ2n) is 5.62. The number of rotatable bonds is 4. The van der Waals surface area contributed by atoms with Crippen LogP contribution in [-0.2, 0) is 6.54 Å². The molecule has 122 valence electrons. The maximum atomic E-state index is 12.1. The highest BCUT2D eigenvalue weighted by Crippen LogP contribution is 2.15. The molecule has 0 saturated carbocycles. The summed E-state index contributed by atoms with van der Waals surface area (Å²) in [4.78, 5) is 16.1. The number of fused-ring (bicyclic) bond motifs is 1. The molecule has 1 N–H and O–H groups in total. The van der Waals surface area contributed by atoms with Gasteiger partial charge >= 0.3 is 0 Å². The van der Waals surface area contributed by atoms with Crippen LogP contribution in [0.3, 0.4) is 0 Å². The molecule has 0 bridgehead atoms. The average molecular weight is 329 g/mol. The van der Waals surface area contributed by atoms with Gasteiger partial charge in [0.25, 0.3) is 5.91 Å². The molecular formula is C19H15N5O. The van der Waals surface area contributed by atoms with Crippen molar-refractivity contribution in [3.63, 3.8) is 0 Å². The Bertz CT molecular complexity index is 1010. The van der Waals surface area contributed by atoms with E-state index in [4.69, 9.17) is 0 Å². The topological polar surface area (TPSA) is 72.7 Å². The summed E-state index contributed by atoms with van der Waals surface area (Å²) in [6.45, 7) is 0.624. The summed E-state index contributed by atoms with van der Waals surface area (Å²) < 4.78 is 1.86. The van der Waals surface area contributed by atoms with Crippen molar-refractivity contribution in [3.05, 3.63) is 84.2 Å². The first-order chi connectivity index (χ1) is 12.3. The number of aromatic nitrogens is 4. The van der Waals surface area contributed by atoms with Gasteiger partial charge in [-0.15, -0.1) is 5.10 Å². The van der Waals surface area contributed by atoms with Gasteiger partial charge in [-0.3, -0.25) is 9.78 Å². The summed E-state index contributed by atoms with van der Waals surface area (Å²) in [7, 11) is 0. The Kier molecular flexibility index (Phi) is 3.92. The van der Waals surface area contributed by atoms with E-state index in [-0.39, 0.29) is 5.91 Å². The third-order valence-corrected chi connectivity index (χ3v) is 3.91. The van der Waals surface area contributed by atoms with E-state index in [0.717, 1.165) is 22.3 Å². The molecule has 0 fully saturated rings. The van der Waals surface area contributed by atoms with Gasteiger partial charge in [-0.05, 0) is 42.0 Å². The van der Waals surface area contributed by atoms with Gasteiger partial charge in [-0.1, -0.05) is 29.5 Å². The number of anilines is 1. The van der Waals surface area contributed by atoms with Crippen LogP contribution in [0.4, 0.5) is 5.69 Å². The Balaban J connectivity index is 1.48. The van der Waals surface area contributed by atoms with E-state index in [1.807, 2.05) is 53.2 Å². The van der Waals surface area contributed by atoms with Gasteiger partial charge in [0.2, 0.25) is 0 Å². The lowest BCUT2D eigenvalue weighted by atomic mass is 10.2. The number of para-hydroxylation sites is 1. The third-order valence-electron chi connectivity index (χ3n) is 3.91. The summed E-state index contributed by atoms with van der Waals surface area (Å²) in [5.74, 6) is -0.155. The molecule has 6 heteroatoms. The van der Waals surface area contributed by atoms with Crippen LogP contribution in [0, 0.1) is 0 Å². The van der Waals surface area contributed by atoms with Gasteiger partial charge in [-0.25, -0.2) is 4.68 Å². The van der Waals surface area contributed by atoms with E-state index < -0.39 is 0 Å². The molecule has 0 unspecified atom stereocenters. The zero-order valence-corrected chi connectivity index (χ0v) is 13.3. The number of carbonyl (C=O) groups excluding carboxylic acids is 1. The van der Waals surface area contributed by atoms with Gasteiger partial charge in [0.1, 0.15) is 5.52 Å². The SMILES string of the molecule is O=C(Nc1ccc(Cn2nnc3ccccc32)cc1)c1ccncc1. The predicted octanol–water partition coefficient (Wildman–Crippen LogP) is 3.13. The fourth-order valence-corrected chi connectivity index (χ4v) is 2.61. The second-order valence-corrected chi connectivity index (χ2v) is 5.62. The normalized spacial score (nSPS) is 10.7. The Morgan fingerprint density at radius 2 is 1.72 bits per heavy atom. The largest absolute Gasteiger partial charge is 0.322 e. The monoisotopic (exact) mass is 329 g/mol. The van der Waals surface area contributed by atoms with Gasteiger partial charge < -0.3 is 5.32 Å². The quantitative estimate of drug-likeness (QED) is 0.624. The van der Waals surface area contributed by atoms with Gasteiger partial charge in [0.15, 0.2) is 0 Å². The molecule has 2 aromatic carbocycles. The predicted molar refractivity (Wildman–Crippen MR) is 95.3 cm³/mol. The zero-order valence-electron chi connectivity index (χ0n) is 13.3. The van der Waals surface area contributed by atoms with Gasteiger partial charge in [0.05, 0.1) is 12.1 Å². The molecule has 0 aliphatic carbocycles. The van der Waals surface area contributed by atoms with Crippen molar-refractivity contribution in [2.75, 3.05) is 5.32 Å². The number of hydrogen-bond acceptors (Lipinski definition) is 4. The van der Waals surface area contributed by atoms with E-state index in [1.165, 1.54) is 0 Å². The summed E-state index contributed by atoms with van der Waals surface area (Å²) >= 11 is 0. The maximum absolute atomic E-state index is 12.1.